The van der Waals surface area contributed by atoms with E-state index in [1.807, 2.05) is 13.0 Å². The molecule has 0 atom stereocenters. The van der Waals surface area contributed by atoms with E-state index >= 15 is 0 Å². The Kier molecular flexibility index (Phi) is 9.20. The lowest BCUT2D eigenvalue weighted by atomic mass is 10.1. The largest absolute Gasteiger partial charge is 0.392 e. The lowest BCUT2D eigenvalue weighted by molar-refractivity contribution is -0.113. The zero-order chi connectivity index (χ0) is 15.6. The molecule has 0 aliphatic carbocycles. The van der Waals surface area contributed by atoms with Gasteiger partial charge < -0.3 is 5.11 Å². The van der Waals surface area contributed by atoms with Crippen LogP contribution < -0.4 is 0 Å². The molecule has 0 aromatic carbocycles. The number of hydrogen-bond acceptors (Lipinski definition) is 2. The van der Waals surface area contributed by atoms with Gasteiger partial charge in [-0.25, -0.2) is 0 Å². The molecule has 0 aromatic rings. The minimum atomic E-state index is -1.44. The maximum absolute atomic E-state index is 11.6. The highest BCUT2D eigenvalue weighted by atomic mass is 28.3. The van der Waals surface area contributed by atoms with E-state index in [9.17, 15) is 4.79 Å². The molecule has 2 nitrogen and oxygen atoms in total. The van der Waals surface area contributed by atoms with E-state index in [1.54, 1.807) is 0 Å². The van der Waals surface area contributed by atoms with Gasteiger partial charge in [0.15, 0.2) is 0 Å². The van der Waals surface area contributed by atoms with Crippen molar-refractivity contribution in [1.82, 2.24) is 0 Å². The topological polar surface area (TPSA) is 37.3 Å². The number of Topliss-reactive ketones (excluding diaryl/α,β-unsaturated/α-hetero) is 1. The Labute approximate surface area is 125 Å². The molecular formula is C17H28O2Si. The van der Waals surface area contributed by atoms with Crippen LogP contribution in [-0.2, 0) is 4.79 Å². The normalized spacial score (nSPS) is 12.9. The van der Waals surface area contributed by atoms with E-state index in [0.717, 1.165) is 19.3 Å². The molecule has 0 radical (unpaired) electrons. The van der Waals surface area contributed by atoms with Crippen molar-refractivity contribution in [2.75, 3.05) is 6.61 Å². The van der Waals surface area contributed by atoms with Crippen LogP contribution in [0.4, 0.5) is 0 Å². The SMILES string of the molecule is C/C(=C\CO)CC/C=C(\C)CCC(=O)C#C[Si](C)(C)C. The van der Waals surface area contributed by atoms with Crippen molar-refractivity contribution in [1.29, 1.82) is 0 Å². The Morgan fingerprint density at radius 3 is 2.20 bits per heavy atom. The monoisotopic (exact) mass is 292 g/mol. The van der Waals surface area contributed by atoms with Crippen molar-refractivity contribution in [2.24, 2.45) is 0 Å². The van der Waals surface area contributed by atoms with Gasteiger partial charge >= 0.3 is 0 Å². The number of aliphatic hydroxyl groups is 1. The molecule has 0 heterocycles. The zero-order valence-electron chi connectivity index (χ0n) is 13.5. The van der Waals surface area contributed by atoms with Gasteiger partial charge in [0.25, 0.3) is 0 Å². The third kappa shape index (κ3) is 11.9. The molecule has 0 aliphatic rings. The molecule has 0 unspecified atom stereocenters. The Balaban J connectivity index is 4.09. The third-order valence-electron chi connectivity index (χ3n) is 2.79. The van der Waals surface area contributed by atoms with E-state index in [-0.39, 0.29) is 12.4 Å². The van der Waals surface area contributed by atoms with Crippen LogP contribution in [0.1, 0.15) is 39.5 Å². The quantitative estimate of drug-likeness (QED) is 0.439. The Bertz CT molecular complexity index is 428. The highest BCUT2D eigenvalue weighted by Gasteiger charge is 2.08. The van der Waals surface area contributed by atoms with Crippen LogP contribution in [-0.4, -0.2) is 25.6 Å². The summed E-state index contributed by atoms with van der Waals surface area (Å²) in [5.74, 6) is 2.83. The maximum atomic E-state index is 11.6. The summed E-state index contributed by atoms with van der Waals surface area (Å²) in [7, 11) is -1.44. The number of allylic oxidation sites excluding steroid dienone is 3. The highest BCUT2D eigenvalue weighted by Crippen LogP contribution is 2.10. The summed E-state index contributed by atoms with van der Waals surface area (Å²) < 4.78 is 0. The van der Waals surface area contributed by atoms with E-state index in [4.69, 9.17) is 5.11 Å². The van der Waals surface area contributed by atoms with Gasteiger partial charge in [-0.3, -0.25) is 4.79 Å². The Morgan fingerprint density at radius 1 is 1.05 bits per heavy atom. The number of aliphatic hydroxyl groups excluding tert-OH is 1. The van der Waals surface area contributed by atoms with Crippen LogP contribution in [0.3, 0.4) is 0 Å². The van der Waals surface area contributed by atoms with Crippen LogP contribution in [0.25, 0.3) is 0 Å². The van der Waals surface area contributed by atoms with Crippen LogP contribution >= 0.6 is 0 Å². The number of carbonyl (C=O) groups is 1. The smallest absolute Gasteiger partial charge is 0.205 e. The summed E-state index contributed by atoms with van der Waals surface area (Å²) >= 11 is 0. The summed E-state index contributed by atoms with van der Waals surface area (Å²) in [5, 5.41) is 8.76. The van der Waals surface area contributed by atoms with Crippen molar-refractivity contribution in [2.45, 2.75) is 59.2 Å². The fraction of sp³-hybridized carbons (Fsp3) is 0.588. The minimum Gasteiger partial charge on any atom is -0.392 e. The number of carbonyl (C=O) groups excluding carboxylic acids is 1. The van der Waals surface area contributed by atoms with Crippen LogP contribution in [0, 0.1) is 11.5 Å². The zero-order valence-corrected chi connectivity index (χ0v) is 14.5. The summed E-state index contributed by atoms with van der Waals surface area (Å²) in [6, 6.07) is 0. The first kappa shape index (κ1) is 18.9. The molecule has 0 aromatic heterocycles. The predicted molar refractivity (Wildman–Crippen MR) is 89.2 cm³/mol. The third-order valence-corrected chi connectivity index (χ3v) is 3.67. The Morgan fingerprint density at radius 2 is 1.65 bits per heavy atom. The van der Waals surface area contributed by atoms with Crippen molar-refractivity contribution in [3.63, 3.8) is 0 Å². The fourth-order valence-corrected chi connectivity index (χ4v) is 2.05. The second kappa shape index (κ2) is 9.74. The van der Waals surface area contributed by atoms with Crippen LogP contribution in [0.15, 0.2) is 23.3 Å². The van der Waals surface area contributed by atoms with Gasteiger partial charge in [-0.2, -0.15) is 0 Å². The highest BCUT2D eigenvalue weighted by molar-refractivity contribution is 6.84. The van der Waals surface area contributed by atoms with Gasteiger partial charge in [0.1, 0.15) is 8.07 Å². The first-order valence-corrected chi connectivity index (χ1v) is 10.7. The number of ketones is 1. The van der Waals surface area contributed by atoms with Gasteiger partial charge in [-0.05, 0) is 39.0 Å². The summed E-state index contributed by atoms with van der Waals surface area (Å²) in [4.78, 5) is 11.6. The van der Waals surface area contributed by atoms with Crippen LogP contribution in [0.2, 0.25) is 19.6 Å². The van der Waals surface area contributed by atoms with Crippen molar-refractivity contribution >= 4 is 13.9 Å². The standard InChI is InChI=1S/C17H28O2Si/c1-15(7-6-8-16(2)11-13-18)9-10-17(19)12-14-20(3,4)5/h7,11,18H,6,8-10,13H2,1-5H3/b15-7+,16-11+. The molecular weight excluding hydrogens is 264 g/mol. The Hall–Kier alpha value is -1.11. The molecule has 0 aliphatic heterocycles. The molecule has 1 N–H and O–H groups in total. The molecule has 3 heteroatoms. The summed E-state index contributed by atoms with van der Waals surface area (Å²) in [6.45, 7) is 10.6. The van der Waals surface area contributed by atoms with Gasteiger partial charge in [0, 0.05) is 6.42 Å². The molecule has 0 bridgehead atoms. The average molecular weight is 292 g/mol. The van der Waals surface area contributed by atoms with Crippen LogP contribution in [0.5, 0.6) is 0 Å². The van der Waals surface area contributed by atoms with E-state index < -0.39 is 8.07 Å². The van der Waals surface area contributed by atoms with E-state index in [2.05, 4.69) is 44.1 Å². The molecule has 0 fully saturated rings. The number of rotatable bonds is 7. The number of hydrogen-bond donors (Lipinski definition) is 1. The van der Waals surface area contributed by atoms with Crippen molar-refractivity contribution in [3.8, 4) is 11.5 Å². The van der Waals surface area contributed by atoms with E-state index in [0.29, 0.717) is 6.42 Å². The first-order valence-electron chi connectivity index (χ1n) is 7.22. The van der Waals surface area contributed by atoms with Gasteiger partial charge in [-0.1, -0.05) is 42.9 Å². The van der Waals surface area contributed by atoms with Crippen molar-refractivity contribution in [3.05, 3.63) is 23.3 Å². The van der Waals surface area contributed by atoms with Gasteiger partial charge in [0.2, 0.25) is 5.78 Å². The minimum absolute atomic E-state index is 0.0523. The molecule has 0 saturated carbocycles. The van der Waals surface area contributed by atoms with E-state index in [1.165, 1.54) is 11.1 Å². The second-order valence-electron chi connectivity index (χ2n) is 6.25. The lowest BCUT2D eigenvalue weighted by Crippen LogP contribution is -2.17. The molecule has 0 rings (SSSR count). The maximum Gasteiger partial charge on any atom is 0.205 e. The second-order valence-corrected chi connectivity index (χ2v) is 11.0. The van der Waals surface area contributed by atoms with Crippen molar-refractivity contribution < 1.29 is 9.90 Å². The predicted octanol–water partition coefficient (Wildman–Crippen LogP) is 3.88. The summed E-state index contributed by atoms with van der Waals surface area (Å²) in [6.07, 6.45) is 7.24. The molecule has 0 spiro atoms. The van der Waals surface area contributed by atoms with Gasteiger partial charge in [-0.15, -0.1) is 5.54 Å². The molecule has 0 saturated heterocycles. The molecule has 20 heavy (non-hydrogen) atoms. The average Bonchev–Trinajstić information content (AvgIpc) is 2.33. The molecule has 112 valence electrons. The van der Waals surface area contributed by atoms with Gasteiger partial charge in [0.05, 0.1) is 6.61 Å². The molecule has 0 amide bonds. The fourth-order valence-electron chi connectivity index (χ4n) is 1.54. The first-order chi connectivity index (χ1) is 9.24. The summed E-state index contributed by atoms with van der Waals surface area (Å²) in [5.41, 5.74) is 5.55. The lowest BCUT2D eigenvalue weighted by Gasteiger charge is -2.03.